The van der Waals surface area contributed by atoms with Crippen molar-refractivity contribution in [3.05, 3.63) is 11.6 Å². The van der Waals surface area contributed by atoms with Gasteiger partial charge in [0.2, 0.25) is 17.6 Å². The highest BCUT2D eigenvalue weighted by molar-refractivity contribution is 7.98. The van der Waals surface area contributed by atoms with Gasteiger partial charge in [-0.2, -0.15) is 11.8 Å². The van der Waals surface area contributed by atoms with Crippen molar-refractivity contribution in [1.82, 2.24) is 10.6 Å². The zero-order valence-corrected chi connectivity index (χ0v) is 27.8. The molecule has 0 aliphatic heterocycles. The van der Waals surface area contributed by atoms with E-state index in [-0.39, 0.29) is 61.4 Å². The first-order chi connectivity index (χ1) is 21.6. The molecule has 8 unspecified atom stereocenters. The van der Waals surface area contributed by atoms with Crippen LogP contribution in [0.25, 0.3) is 0 Å². The molecule has 4 N–H and O–H groups in total. The highest BCUT2D eigenvalue weighted by atomic mass is 32.2. The van der Waals surface area contributed by atoms with Gasteiger partial charge in [-0.3, -0.25) is 28.8 Å². The first-order valence-corrected chi connectivity index (χ1v) is 17.5. The van der Waals surface area contributed by atoms with Gasteiger partial charge in [0.15, 0.2) is 12.4 Å². The summed E-state index contributed by atoms with van der Waals surface area (Å²) in [7, 11) is 0. The molecular formula is C33H46N2O10S. The fourth-order valence-electron chi connectivity index (χ4n) is 8.57. The Morgan fingerprint density at radius 2 is 1.78 bits per heavy atom. The fourth-order valence-corrected chi connectivity index (χ4v) is 9.04. The van der Waals surface area contributed by atoms with Gasteiger partial charge in [0.05, 0.1) is 6.42 Å². The Labute approximate surface area is 273 Å². The topological polar surface area (TPSA) is 193 Å². The van der Waals surface area contributed by atoms with E-state index in [9.17, 15) is 43.8 Å². The molecule has 0 saturated heterocycles. The first kappa shape index (κ1) is 35.8. The van der Waals surface area contributed by atoms with E-state index in [4.69, 9.17) is 4.74 Å². The molecule has 4 aliphatic carbocycles. The summed E-state index contributed by atoms with van der Waals surface area (Å²) in [6.07, 6.45) is 6.26. The molecule has 0 radical (unpaired) electrons. The third kappa shape index (κ3) is 6.81. The Morgan fingerprint density at radius 1 is 1.07 bits per heavy atom. The van der Waals surface area contributed by atoms with Crippen LogP contribution in [0.3, 0.4) is 0 Å². The van der Waals surface area contributed by atoms with Crippen LogP contribution in [0, 0.1) is 28.6 Å². The van der Waals surface area contributed by atoms with Crippen molar-refractivity contribution in [2.45, 2.75) is 103 Å². The van der Waals surface area contributed by atoms with Crippen molar-refractivity contribution in [3.63, 3.8) is 0 Å². The number of hydrogen-bond donors (Lipinski definition) is 4. The number of thioether (sulfide) groups is 1. The van der Waals surface area contributed by atoms with Crippen molar-refractivity contribution >= 4 is 52.9 Å². The number of aliphatic carboxylic acids is 1. The molecule has 46 heavy (non-hydrogen) atoms. The van der Waals surface area contributed by atoms with Gasteiger partial charge >= 0.3 is 11.9 Å². The van der Waals surface area contributed by atoms with Gasteiger partial charge in [-0.1, -0.05) is 19.4 Å². The van der Waals surface area contributed by atoms with Crippen LogP contribution in [-0.4, -0.2) is 87.6 Å². The minimum atomic E-state index is -1.85. The molecule has 3 fully saturated rings. The van der Waals surface area contributed by atoms with Gasteiger partial charge in [0, 0.05) is 30.6 Å². The van der Waals surface area contributed by atoms with Crippen LogP contribution in [0.1, 0.15) is 85.0 Å². The molecule has 0 bridgehead atoms. The van der Waals surface area contributed by atoms with Gasteiger partial charge in [-0.25, -0.2) is 4.79 Å². The second kappa shape index (κ2) is 14.0. The molecule has 4 aliphatic rings. The number of amides is 2. The Balaban J connectivity index is 1.29. The normalized spacial score (nSPS) is 33.0. The number of ketones is 3. The third-order valence-corrected chi connectivity index (χ3v) is 11.8. The van der Waals surface area contributed by atoms with Crippen molar-refractivity contribution in [3.8, 4) is 0 Å². The maximum absolute atomic E-state index is 13.8. The van der Waals surface area contributed by atoms with Gasteiger partial charge in [-0.15, -0.1) is 0 Å². The zero-order valence-electron chi connectivity index (χ0n) is 27.0. The molecule has 0 spiro atoms. The van der Waals surface area contributed by atoms with Crippen LogP contribution < -0.4 is 10.6 Å². The molecule has 12 nitrogen and oxygen atoms in total. The SMILES string of the molecule is CSCCC(NC(=O)C(C)NC(=O)CCC(=O)OCC(=O)C1(O)CCC2C3CCC4=CC(=O)CCC4(C)C3C(=O)CC21C)C(=O)O. The summed E-state index contributed by atoms with van der Waals surface area (Å²) in [6, 6.07) is -2.13. The summed E-state index contributed by atoms with van der Waals surface area (Å²) in [5.41, 5.74) is -2.21. The van der Waals surface area contributed by atoms with Crippen LogP contribution in [0.15, 0.2) is 11.6 Å². The van der Waals surface area contributed by atoms with Crippen LogP contribution in [0.4, 0.5) is 0 Å². The summed E-state index contributed by atoms with van der Waals surface area (Å²) in [4.78, 5) is 87.8. The van der Waals surface area contributed by atoms with Crippen LogP contribution in [0.2, 0.25) is 0 Å². The fraction of sp³-hybridized carbons (Fsp3) is 0.727. The highest BCUT2D eigenvalue weighted by Crippen LogP contribution is 2.66. The Bertz CT molecular complexity index is 1330. The number of ether oxygens (including phenoxy) is 1. The smallest absolute Gasteiger partial charge is 0.326 e. The maximum Gasteiger partial charge on any atom is 0.326 e. The third-order valence-electron chi connectivity index (χ3n) is 11.2. The van der Waals surface area contributed by atoms with E-state index in [1.165, 1.54) is 18.7 Å². The van der Waals surface area contributed by atoms with E-state index in [0.29, 0.717) is 37.9 Å². The van der Waals surface area contributed by atoms with E-state index in [1.54, 1.807) is 13.0 Å². The van der Waals surface area contributed by atoms with Gasteiger partial charge < -0.3 is 25.6 Å². The van der Waals surface area contributed by atoms with Gasteiger partial charge in [0.25, 0.3) is 0 Å². The highest BCUT2D eigenvalue weighted by Gasteiger charge is 2.68. The molecular weight excluding hydrogens is 616 g/mol. The molecule has 0 aromatic heterocycles. The molecule has 3 saturated carbocycles. The molecule has 254 valence electrons. The molecule has 2 amide bonds. The molecule has 0 aromatic carbocycles. The average molecular weight is 663 g/mol. The number of esters is 1. The van der Waals surface area contributed by atoms with Crippen molar-refractivity contribution in [2.75, 3.05) is 18.6 Å². The van der Waals surface area contributed by atoms with E-state index < -0.39 is 64.7 Å². The summed E-state index contributed by atoms with van der Waals surface area (Å²) >= 11 is 1.44. The number of hydrogen-bond acceptors (Lipinski definition) is 10. The van der Waals surface area contributed by atoms with Crippen molar-refractivity contribution < 1.29 is 48.5 Å². The quantitative estimate of drug-likeness (QED) is 0.211. The van der Waals surface area contributed by atoms with Crippen molar-refractivity contribution in [2.24, 2.45) is 28.6 Å². The number of rotatable bonds is 13. The van der Waals surface area contributed by atoms with Crippen LogP contribution in [0.5, 0.6) is 0 Å². The maximum atomic E-state index is 13.8. The van der Waals surface area contributed by atoms with Crippen molar-refractivity contribution in [1.29, 1.82) is 0 Å². The number of Topliss-reactive ketones (excluding diaryl/α,β-unsaturated/α-hetero) is 2. The number of carboxylic acid groups (broad SMARTS) is 1. The predicted molar refractivity (Wildman–Crippen MR) is 167 cm³/mol. The van der Waals surface area contributed by atoms with Crippen LogP contribution >= 0.6 is 11.8 Å². The van der Waals surface area contributed by atoms with Crippen LogP contribution in [-0.2, 0) is 38.3 Å². The van der Waals surface area contributed by atoms with Gasteiger partial charge in [0.1, 0.15) is 23.5 Å². The second-order valence-electron chi connectivity index (χ2n) is 13.9. The van der Waals surface area contributed by atoms with E-state index >= 15 is 0 Å². The Hall–Kier alpha value is -3.06. The summed E-state index contributed by atoms with van der Waals surface area (Å²) in [6.45, 7) is 4.57. The number of fused-ring (bicyclic) bond motifs is 5. The lowest BCUT2D eigenvalue weighted by atomic mass is 9.46. The Morgan fingerprint density at radius 3 is 2.46 bits per heavy atom. The lowest BCUT2D eigenvalue weighted by Crippen LogP contribution is -2.61. The predicted octanol–water partition coefficient (Wildman–Crippen LogP) is 2.15. The van der Waals surface area contributed by atoms with E-state index in [2.05, 4.69) is 17.6 Å². The molecule has 8 atom stereocenters. The lowest BCUT2D eigenvalue weighted by Gasteiger charge is -2.57. The molecule has 0 heterocycles. The number of allylic oxidation sites excluding steroid dienone is 1. The largest absolute Gasteiger partial charge is 0.480 e. The summed E-state index contributed by atoms with van der Waals surface area (Å²) in [5, 5.41) is 25.9. The monoisotopic (exact) mass is 662 g/mol. The second-order valence-corrected chi connectivity index (χ2v) is 14.8. The zero-order chi connectivity index (χ0) is 34.0. The average Bonchev–Trinajstić information content (AvgIpc) is 3.27. The summed E-state index contributed by atoms with van der Waals surface area (Å²) < 4.78 is 5.16. The first-order valence-electron chi connectivity index (χ1n) is 16.1. The molecule has 13 heteroatoms. The van der Waals surface area contributed by atoms with E-state index in [0.717, 1.165) is 5.57 Å². The number of carboxylic acids is 1. The standard InChI is InChI=1S/C33H46N2O10S/c1-18(29(41)35-23(30(42)43)11-14-46-4)34-26(39)7-8-27(40)45-17-25(38)33(44)13-10-22-21-6-5-19-15-20(36)9-12-31(19,2)28(21)24(37)16-32(22,33)3/h15,18,21-23,28,44H,5-14,16-17H2,1-4H3,(H,34,39)(H,35,41)(H,42,43). The summed E-state index contributed by atoms with van der Waals surface area (Å²) in [5.74, 6) is -3.71. The molecule has 4 rings (SSSR count). The number of carbonyl (C=O) groups excluding carboxylic acids is 6. The number of nitrogens with one attached hydrogen (secondary N) is 2. The minimum Gasteiger partial charge on any atom is -0.480 e. The minimum absolute atomic E-state index is 0.00341. The molecule has 0 aromatic rings. The van der Waals surface area contributed by atoms with E-state index in [1.807, 2.05) is 6.26 Å². The van der Waals surface area contributed by atoms with Gasteiger partial charge in [-0.05, 0) is 80.8 Å². The Kier molecular flexibility index (Phi) is 10.9. The number of aliphatic hydroxyl groups is 1. The number of carbonyl (C=O) groups is 7. The lowest BCUT2D eigenvalue weighted by molar-refractivity contribution is -0.173.